The van der Waals surface area contributed by atoms with Crippen LogP contribution in [0.15, 0.2) is 42.5 Å². The van der Waals surface area contributed by atoms with Gasteiger partial charge < -0.3 is 24.7 Å². The van der Waals surface area contributed by atoms with Gasteiger partial charge >= 0.3 is 0 Å². The van der Waals surface area contributed by atoms with Crippen LogP contribution in [0.25, 0.3) is 11.0 Å². The molecular formula is C21H22N4O4. The molecule has 8 heteroatoms. The lowest BCUT2D eigenvalue weighted by molar-refractivity contribution is -0.114. The molecule has 0 radical (unpaired) electrons. The second-order valence-corrected chi connectivity index (χ2v) is 6.86. The lowest BCUT2D eigenvalue weighted by atomic mass is 10.1. The van der Waals surface area contributed by atoms with Gasteiger partial charge in [-0.25, -0.2) is 4.98 Å². The van der Waals surface area contributed by atoms with Gasteiger partial charge in [-0.1, -0.05) is 12.1 Å². The van der Waals surface area contributed by atoms with E-state index >= 15 is 0 Å². The third-order valence-electron chi connectivity index (χ3n) is 4.84. The van der Waals surface area contributed by atoms with Gasteiger partial charge in [0.25, 0.3) is 5.91 Å². The van der Waals surface area contributed by atoms with E-state index in [1.807, 2.05) is 24.3 Å². The van der Waals surface area contributed by atoms with Crippen LogP contribution >= 0.6 is 0 Å². The third-order valence-corrected chi connectivity index (χ3v) is 4.84. The highest BCUT2D eigenvalue weighted by Gasteiger charge is 2.25. The Kier molecular flexibility index (Phi) is 5.18. The van der Waals surface area contributed by atoms with E-state index in [1.54, 1.807) is 25.3 Å². The monoisotopic (exact) mass is 394 g/mol. The van der Waals surface area contributed by atoms with Crippen LogP contribution in [0.2, 0.25) is 0 Å². The van der Waals surface area contributed by atoms with Gasteiger partial charge in [0, 0.05) is 19.2 Å². The summed E-state index contributed by atoms with van der Waals surface area (Å²) in [5.74, 6) is 0.993. The SMILES string of the molecule is COc1ccccc1C(=O)NC[C@H]1COCc2nc3cc(NC(C)=O)ccc3n21. The average Bonchev–Trinajstić information content (AvgIpc) is 3.09. The molecule has 0 fully saturated rings. The zero-order chi connectivity index (χ0) is 20.4. The smallest absolute Gasteiger partial charge is 0.255 e. The topological polar surface area (TPSA) is 94.5 Å². The quantitative estimate of drug-likeness (QED) is 0.693. The summed E-state index contributed by atoms with van der Waals surface area (Å²) >= 11 is 0. The number of aromatic nitrogens is 2. The second-order valence-electron chi connectivity index (χ2n) is 6.86. The van der Waals surface area contributed by atoms with Gasteiger partial charge in [-0.2, -0.15) is 0 Å². The summed E-state index contributed by atoms with van der Waals surface area (Å²) in [6.07, 6.45) is 0. The first kappa shape index (κ1) is 18.9. The number of fused-ring (bicyclic) bond motifs is 3. The number of hydrogen-bond donors (Lipinski definition) is 2. The van der Waals surface area contributed by atoms with Crippen molar-refractivity contribution in [3.8, 4) is 5.75 Å². The Morgan fingerprint density at radius 2 is 2.10 bits per heavy atom. The predicted octanol–water partition coefficient (Wildman–Crippen LogP) is 2.50. The molecule has 1 aliphatic heterocycles. The van der Waals surface area contributed by atoms with E-state index in [-0.39, 0.29) is 17.9 Å². The van der Waals surface area contributed by atoms with E-state index in [0.717, 1.165) is 16.9 Å². The molecule has 29 heavy (non-hydrogen) atoms. The van der Waals surface area contributed by atoms with Crippen molar-refractivity contribution in [2.45, 2.75) is 19.6 Å². The summed E-state index contributed by atoms with van der Waals surface area (Å²) in [7, 11) is 1.54. The number of nitrogens with zero attached hydrogens (tertiary/aromatic N) is 2. The van der Waals surface area contributed by atoms with Gasteiger partial charge in [0.15, 0.2) is 0 Å². The highest BCUT2D eigenvalue weighted by atomic mass is 16.5. The Morgan fingerprint density at radius 3 is 2.90 bits per heavy atom. The van der Waals surface area contributed by atoms with Crippen molar-refractivity contribution in [1.82, 2.24) is 14.9 Å². The molecule has 150 valence electrons. The Morgan fingerprint density at radius 1 is 1.28 bits per heavy atom. The first-order chi connectivity index (χ1) is 14.1. The van der Waals surface area contributed by atoms with Gasteiger partial charge in [-0.3, -0.25) is 9.59 Å². The normalized spacial score (nSPS) is 15.6. The van der Waals surface area contributed by atoms with Crippen molar-refractivity contribution in [3.63, 3.8) is 0 Å². The zero-order valence-electron chi connectivity index (χ0n) is 16.3. The first-order valence-electron chi connectivity index (χ1n) is 9.34. The Balaban J connectivity index is 1.56. The number of rotatable bonds is 5. The molecule has 1 atom stereocenters. The third kappa shape index (κ3) is 3.79. The fraction of sp³-hybridized carbons (Fsp3) is 0.286. The van der Waals surface area contributed by atoms with Crippen molar-refractivity contribution in [2.24, 2.45) is 0 Å². The maximum absolute atomic E-state index is 12.6. The molecule has 4 rings (SSSR count). The van der Waals surface area contributed by atoms with Crippen LogP contribution in [0.3, 0.4) is 0 Å². The van der Waals surface area contributed by atoms with Gasteiger partial charge in [-0.15, -0.1) is 0 Å². The number of para-hydroxylation sites is 1. The Labute approximate surface area is 167 Å². The standard InChI is InChI=1S/C21H22N4O4/c1-13(26)23-14-7-8-18-17(9-14)24-20-12-29-11-15(25(18)20)10-22-21(27)16-5-3-4-6-19(16)28-2/h3-9,15H,10-12H2,1-2H3,(H,22,27)(H,23,26)/t15-/m0/s1. The fourth-order valence-corrected chi connectivity index (χ4v) is 3.59. The van der Waals surface area contributed by atoms with Crippen molar-refractivity contribution in [2.75, 3.05) is 25.6 Å². The number of benzene rings is 2. The number of anilines is 1. The molecular weight excluding hydrogens is 372 g/mol. The van der Waals surface area contributed by atoms with Crippen LogP contribution in [-0.2, 0) is 16.1 Å². The summed E-state index contributed by atoms with van der Waals surface area (Å²) in [6, 6.07) is 12.6. The van der Waals surface area contributed by atoms with E-state index in [9.17, 15) is 9.59 Å². The summed E-state index contributed by atoms with van der Waals surface area (Å²) < 4.78 is 13.1. The van der Waals surface area contributed by atoms with Crippen LogP contribution in [0.1, 0.15) is 29.1 Å². The van der Waals surface area contributed by atoms with E-state index in [4.69, 9.17) is 9.47 Å². The van der Waals surface area contributed by atoms with Crippen molar-refractivity contribution in [3.05, 3.63) is 53.9 Å². The van der Waals surface area contributed by atoms with Gasteiger partial charge in [0.05, 0.1) is 36.4 Å². The molecule has 1 aromatic heterocycles. The number of carbonyl (C=O) groups is 2. The highest BCUT2D eigenvalue weighted by molar-refractivity contribution is 5.97. The average molecular weight is 394 g/mol. The second kappa shape index (κ2) is 7.92. The molecule has 0 unspecified atom stereocenters. The molecule has 0 aliphatic carbocycles. The molecule has 0 bridgehead atoms. The number of amides is 2. The number of ether oxygens (including phenoxy) is 2. The maximum Gasteiger partial charge on any atom is 0.255 e. The predicted molar refractivity (Wildman–Crippen MR) is 108 cm³/mol. The number of nitrogens with one attached hydrogen (secondary N) is 2. The highest BCUT2D eigenvalue weighted by Crippen LogP contribution is 2.28. The molecule has 2 aromatic carbocycles. The van der Waals surface area contributed by atoms with Gasteiger partial charge in [0.1, 0.15) is 18.2 Å². The minimum Gasteiger partial charge on any atom is -0.496 e. The first-order valence-corrected chi connectivity index (χ1v) is 9.34. The van der Waals surface area contributed by atoms with Crippen LogP contribution in [0.5, 0.6) is 5.75 Å². The molecule has 0 saturated heterocycles. The van der Waals surface area contributed by atoms with Crippen LogP contribution in [0, 0.1) is 0 Å². The Hall–Kier alpha value is -3.39. The summed E-state index contributed by atoms with van der Waals surface area (Å²) in [5.41, 5.74) is 2.90. The Bertz CT molecular complexity index is 1080. The zero-order valence-corrected chi connectivity index (χ0v) is 16.3. The molecule has 1 aliphatic rings. The molecule has 2 amide bonds. The largest absolute Gasteiger partial charge is 0.496 e. The van der Waals surface area contributed by atoms with Crippen LogP contribution in [-0.4, -0.2) is 41.6 Å². The lowest BCUT2D eigenvalue weighted by Crippen LogP contribution is -2.35. The van der Waals surface area contributed by atoms with E-state index in [2.05, 4.69) is 20.2 Å². The van der Waals surface area contributed by atoms with E-state index in [1.165, 1.54) is 6.92 Å². The maximum atomic E-state index is 12.6. The molecule has 8 nitrogen and oxygen atoms in total. The molecule has 0 saturated carbocycles. The van der Waals surface area contributed by atoms with Crippen LogP contribution in [0.4, 0.5) is 5.69 Å². The molecule has 3 aromatic rings. The van der Waals surface area contributed by atoms with E-state index in [0.29, 0.717) is 36.8 Å². The van der Waals surface area contributed by atoms with E-state index < -0.39 is 0 Å². The van der Waals surface area contributed by atoms with Gasteiger partial charge in [0.2, 0.25) is 5.91 Å². The summed E-state index contributed by atoms with van der Waals surface area (Å²) in [5, 5.41) is 5.74. The summed E-state index contributed by atoms with van der Waals surface area (Å²) in [6.45, 7) is 2.73. The fourth-order valence-electron chi connectivity index (χ4n) is 3.59. The molecule has 2 heterocycles. The molecule has 0 spiro atoms. The van der Waals surface area contributed by atoms with Crippen molar-refractivity contribution < 1.29 is 19.1 Å². The molecule has 2 N–H and O–H groups in total. The minimum absolute atomic E-state index is 0.0889. The number of hydrogen-bond acceptors (Lipinski definition) is 5. The summed E-state index contributed by atoms with van der Waals surface area (Å²) in [4.78, 5) is 28.6. The van der Waals surface area contributed by atoms with Crippen LogP contribution < -0.4 is 15.4 Å². The van der Waals surface area contributed by atoms with Crippen molar-refractivity contribution >= 4 is 28.5 Å². The number of methoxy groups -OCH3 is 1. The number of carbonyl (C=O) groups excluding carboxylic acids is 2. The number of imidazole rings is 1. The van der Waals surface area contributed by atoms with Gasteiger partial charge in [-0.05, 0) is 30.3 Å². The minimum atomic E-state index is -0.202. The van der Waals surface area contributed by atoms with Crippen molar-refractivity contribution in [1.29, 1.82) is 0 Å². The lowest BCUT2D eigenvalue weighted by Gasteiger charge is -2.26.